The molecule has 0 aromatic carbocycles. The Labute approximate surface area is 95.9 Å². The fourth-order valence-corrected chi connectivity index (χ4v) is 1.51. The number of likely N-dealkylation sites (N-methyl/N-ethyl adjacent to an activating group) is 1. The minimum atomic E-state index is -0.506. The van der Waals surface area contributed by atoms with Crippen LogP contribution in [0.2, 0.25) is 0 Å². The van der Waals surface area contributed by atoms with E-state index in [1.165, 1.54) is 0 Å². The van der Waals surface area contributed by atoms with Crippen LogP contribution in [0.15, 0.2) is 18.3 Å². The van der Waals surface area contributed by atoms with Crippen LogP contribution in [0.4, 0.5) is 0 Å². The van der Waals surface area contributed by atoms with Gasteiger partial charge in [0, 0.05) is 31.9 Å². The summed E-state index contributed by atoms with van der Waals surface area (Å²) in [6.07, 6.45) is 3.22. The number of nitrogens with zero attached hydrogens (tertiary/aromatic N) is 2. The fraction of sp³-hybridized carbons (Fsp3) is 0.500. The van der Waals surface area contributed by atoms with Crippen molar-refractivity contribution in [3.63, 3.8) is 0 Å². The predicted octanol–water partition coefficient (Wildman–Crippen LogP) is 1.57. The molecule has 0 fully saturated rings. The Balaban J connectivity index is 2.43. The molecule has 0 saturated carbocycles. The summed E-state index contributed by atoms with van der Waals surface area (Å²) < 4.78 is 0. The van der Waals surface area contributed by atoms with Crippen molar-refractivity contribution in [2.45, 2.75) is 19.8 Å². The van der Waals surface area contributed by atoms with E-state index < -0.39 is 5.92 Å². The van der Waals surface area contributed by atoms with Crippen LogP contribution in [0, 0.1) is 17.2 Å². The van der Waals surface area contributed by atoms with Crippen molar-refractivity contribution in [2.75, 3.05) is 13.6 Å². The molecule has 0 aliphatic rings. The third kappa shape index (κ3) is 3.13. The second kappa shape index (κ2) is 5.96. The van der Waals surface area contributed by atoms with Crippen LogP contribution in [0.5, 0.6) is 0 Å². The summed E-state index contributed by atoms with van der Waals surface area (Å²) in [6, 6.07) is 5.94. The molecule has 4 heteroatoms. The molecule has 4 nitrogen and oxygen atoms in total. The maximum atomic E-state index is 11.8. The van der Waals surface area contributed by atoms with Crippen molar-refractivity contribution >= 4 is 5.91 Å². The van der Waals surface area contributed by atoms with Gasteiger partial charge < -0.3 is 9.88 Å². The molecule has 86 valence electrons. The molecule has 16 heavy (non-hydrogen) atoms. The maximum Gasteiger partial charge on any atom is 0.239 e. The number of nitriles is 1. The molecule has 1 atom stereocenters. The lowest BCUT2D eigenvalue weighted by molar-refractivity contribution is -0.132. The van der Waals surface area contributed by atoms with Crippen molar-refractivity contribution in [1.29, 1.82) is 5.26 Å². The first kappa shape index (κ1) is 12.3. The Morgan fingerprint density at radius 2 is 2.44 bits per heavy atom. The minimum Gasteiger partial charge on any atom is -0.365 e. The normalized spacial score (nSPS) is 11.8. The highest BCUT2D eigenvalue weighted by Gasteiger charge is 2.19. The number of nitrogens with one attached hydrogen (secondary N) is 1. The van der Waals surface area contributed by atoms with Gasteiger partial charge in [-0.25, -0.2) is 0 Å². The van der Waals surface area contributed by atoms with Crippen LogP contribution in [0.3, 0.4) is 0 Å². The number of H-pyrrole nitrogens is 1. The number of carbonyl (C=O) groups excluding carboxylic acids is 1. The number of carbonyl (C=O) groups is 1. The zero-order valence-electron chi connectivity index (χ0n) is 9.73. The molecule has 0 spiro atoms. The zero-order valence-corrected chi connectivity index (χ0v) is 9.73. The van der Waals surface area contributed by atoms with E-state index in [2.05, 4.69) is 4.98 Å². The van der Waals surface area contributed by atoms with Gasteiger partial charge in [-0.2, -0.15) is 5.26 Å². The summed E-state index contributed by atoms with van der Waals surface area (Å²) in [6.45, 7) is 2.49. The van der Waals surface area contributed by atoms with E-state index in [9.17, 15) is 4.79 Å². The molecule has 1 aromatic rings. The van der Waals surface area contributed by atoms with E-state index in [0.717, 1.165) is 12.1 Å². The number of hydrogen-bond acceptors (Lipinski definition) is 2. The SMILES string of the molecule is CCC(C#N)C(=O)N(C)CCc1ccc[nH]1. The maximum absolute atomic E-state index is 11.8. The summed E-state index contributed by atoms with van der Waals surface area (Å²) in [5.74, 6) is -0.592. The summed E-state index contributed by atoms with van der Waals surface area (Å²) >= 11 is 0. The Morgan fingerprint density at radius 3 is 2.94 bits per heavy atom. The second-order valence-corrected chi connectivity index (χ2v) is 3.80. The van der Waals surface area contributed by atoms with Gasteiger partial charge in [-0.15, -0.1) is 0 Å². The van der Waals surface area contributed by atoms with E-state index in [1.807, 2.05) is 31.3 Å². The first-order valence-electron chi connectivity index (χ1n) is 5.46. The lowest BCUT2D eigenvalue weighted by atomic mass is 10.1. The molecular formula is C12H17N3O. The van der Waals surface area contributed by atoms with Gasteiger partial charge in [0.1, 0.15) is 5.92 Å². The molecule has 1 amide bonds. The van der Waals surface area contributed by atoms with Crippen LogP contribution in [0.25, 0.3) is 0 Å². The summed E-state index contributed by atoms with van der Waals surface area (Å²) in [4.78, 5) is 16.5. The third-order valence-electron chi connectivity index (χ3n) is 2.62. The smallest absolute Gasteiger partial charge is 0.239 e. The third-order valence-corrected chi connectivity index (χ3v) is 2.62. The van der Waals surface area contributed by atoms with E-state index in [-0.39, 0.29) is 5.91 Å². The standard InChI is InChI=1S/C12H17N3O/c1-3-10(9-13)12(16)15(2)8-6-11-5-4-7-14-11/h4-5,7,10,14H,3,6,8H2,1-2H3. The van der Waals surface area contributed by atoms with Crippen LogP contribution in [0.1, 0.15) is 19.0 Å². The molecule has 0 aliphatic heterocycles. The molecular weight excluding hydrogens is 202 g/mol. The van der Waals surface area contributed by atoms with Gasteiger partial charge in [0.2, 0.25) is 5.91 Å². The molecule has 0 bridgehead atoms. The van der Waals surface area contributed by atoms with Gasteiger partial charge in [-0.05, 0) is 18.6 Å². The Kier molecular flexibility index (Phi) is 4.59. The molecule has 1 N–H and O–H groups in total. The zero-order chi connectivity index (χ0) is 12.0. The molecule has 0 saturated heterocycles. The highest BCUT2D eigenvalue weighted by atomic mass is 16.2. The molecule has 1 rings (SSSR count). The van der Waals surface area contributed by atoms with Gasteiger partial charge in [-0.3, -0.25) is 4.79 Å². The van der Waals surface area contributed by atoms with Crippen LogP contribution >= 0.6 is 0 Å². The number of aromatic amines is 1. The van der Waals surface area contributed by atoms with E-state index >= 15 is 0 Å². The lowest BCUT2D eigenvalue weighted by Crippen LogP contribution is -2.33. The minimum absolute atomic E-state index is 0.0865. The van der Waals surface area contributed by atoms with Crippen LogP contribution in [-0.2, 0) is 11.2 Å². The molecule has 0 radical (unpaired) electrons. The first-order valence-corrected chi connectivity index (χ1v) is 5.46. The molecule has 1 unspecified atom stereocenters. The second-order valence-electron chi connectivity index (χ2n) is 3.80. The Morgan fingerprint density at radius 1 is 1.69 bits per heavy atom. The van der Waals surface area contributed by atoms with Crippen molar-refractivity contribution in [3.8, 4) is 6.07 Å². The number of amides is 1. The van der Waals surface area contributed by atoms with Crippen molar-refractivity contribution < 1.29 is 4.79 Å². The van der Waals surface area contributed by atoms with Crippen molar-refractivity contribution in [1.82, 2.24) is 9.88 Å². The molecule has 1 aromatic heterocycles. The van der Waals surface area contributed by atoms with Gasteiger partial charge in [0.15, 0.2) is 0 Å². The predicted molar refractivity (Wildman–Crippen MR) is 61.5 cm³/mol. The van der Waals surface area contributed by atoms with Crippen LogP contribution in [-0.4, -0.2) is 29.4 Å². The fourth-order valence-electron chi connectivity index (χ4n) is 1.51. The monoisotopic (exact) mass is 219 g/mol. The van der Waals surface area contributed by atoms with Gasteiger partial charge >= 0.3 is 0 Å². The van der Waals surface area contributed by atoms with E-state index in [1.54, 1.807) is 11.9 Å². The highest BCUT2D eigenvalue weighted by molar-refractivity contribution is 5.80. The number of rotatable bonds is 5. The topological polar surface area (TPSA) is 59.9 Å². The number of aromatic nitrogens is 1. The van der Waals surface area contributed by atoms with Crippen molar-refractivity contribution in [3.05, 3.63) is 24.0 Å². The molecule has 0 aliphatic carbocycles. The number of hydrogen-bond donors (Lipinski definition) is 1. The van der Waals surface area contributed by atoms with E-state index in [0.29, 0.717) is 13.0 Å². The summed E-state index contributed by atoms with van der Waals surface area (Å²) in [5, 5.41) is 8.79. The molecule has 1 heterocycles. The summed E-state index contributed by atoms with van der Waals surface area (Å²) in [7, 11) is 1.74. The van der Waals surface area contributed by atoms with Gasteiger partial charge in [0.05, 0.1) is 6.07 Å². The highest BCUT2D eigenvalue weighted by Crippen LogP contribution is 2.06. The van der Waals surface area contributed by atoms with Crippen LogP contribution < -0.4 is 0 Å². The first-order chi connectivity index (χ1) is 7.69. The summed E-state index contributed by atoms with van der Waals surface area (Å²) in [5.41, 5.74) is 1.10. The Hall–Kier alpha value is -1.76. The van der Waals surface area contributed by atoms with Crippen molar-refractivity contribution in [2.24, 2.45) is 5.92 Å². The largest absolute Gasteiger partial charge is 0.365 e. The van der Waals surface area contributed by atoms with Gasteiger partial charge in [-0.1, -0.05) is 6.92 Å². The Bertz CT molecular complexity index is 364. The van der Waals surface area contributed by atoms with Gasteiger partial charge in [0.25, 0.3) is 0 Å². The average molecular weight is 219 g/mol. The average Bonchev–Trinajstić information content (AvgIpc) is 2.80. The van der Waals surface area contributed by atoms with E-state index in [4.69, 9.17) is 5.26 Å². The quantitative estimate of drug-likeness (QED) is 0.817. The lowest BCUT2D eigenvalue weighted by Gasteiger charge is -2.18.